The highest BCUT2D eigenvalue weighted by Crippen LogP contribution is 2.42. The smallest absolute Gasteiger partial charge is 0.234 e. The Morgan fingerprint density at radius 2 is 2.00 bits per heavy atom. The molecule has 1 amide bonds. The van der Waals surface area contributed by atoms with Crippen molar-refractivity contribution in [2.75, 3.05) is 11.1 Å². The molecule has 0 radical (unpaired) electrons. The van der Waals surface area contributed by atoms with Gasteiger partial charge in [0.25, 0.3) is 0 Å². The first-order chi connectivity index (χ1) is 15.3. The SMILES string of the molecule is O=C(CSc1nnc(-c2c[nH]c3ccccc23)n1C1CC1)Nc1ccc2c(c1)CCC2. The van der Waals surface area contributed by atoms with E-state index in [1.54, 1.807) is 0 Å². The number of para-hydroxylation sites is 1. The number of anilines is 1. The first-order valence-electron chi connectivity index (χ1n) is 10.8. The molecular formula is C24H23N5OS. The van der Waals surface area contributed by atoms with E-state index in [4.69, 9.17) is 0 Å². The fourth-order valence-corrected chi connectivity index (χ4v) is 5.26. The zero-order valence-corrected chi connectivity index (χ0v) is 17.9. The molecule has 1 fully saturated rings. The van der Waals surface area contributed by atoms with E-state index in [2.05, 4.69) is 49.3 Å². The molecule has 2 aromatic heterocycles. The molecule has 4 aromatic rings. The Kier molecular flexibility index (Phi) is 4.56. The van der Waals surface area contributed by atoms with Crippen LogP contribution >= 0.6 is 11.8 Å². The molecular weight excluding hydrogens is 406 g/mol. The van der Waals surface area contributed by atoms with Gasteiger partial charge < -0.3 is 10.3 Å². The summed E-state index contributed by atoms with van der Waals surface area (Å²) in [6.45, 7) is 0. The Labute approximate surface area is 184 Å². The number of nitrogens with one attached hydrogen (secondary N) is 2. The van der Waals surface area contributed by atoms with Crippen molar-refractivity contribution in [2.45, 2.75) is 43.3 Å². The lowest BCUT2D eigenvalue weighted by atomic mass is 10.1. The van der Waals surface area contributed by atoms with E-state index in [0.717, 1.165) is 58.8 Å². The number of thioether (sulfide) groups is 1. The van der Waals surface area contributed by atoms with Gasteiger partial charge in [-0.05, 0) is 61.4 Å². The van der Waals surface area contributed by atoms with E-state index in [0.29, 0.717) is 11.8 Å². The highest BCUT2D eigenvalue weighted by atomic mass is 32.2. The molecule has 31 heavy (non-hydrogen) atoms. The number of carbonyl (C=O) groups excluding carboxylic acids is 1. The Morgan fingerprint density at radius 1 is 1.13 bits per heavy atom. The summed E-state index contributed by atoms with van der Waals surface area (Å²) >= 11 is 1.46. The van der Waals surface area contributed by atoms with Crippen LogP contribution in [0.3, 0.4) is 0 Å². The highest BCUT2D eigenvalue weighted by Gasteiger charge is 2.31. The Hall–Kier alpha value is -3.06. The van der Waals surface area contributed by atoms with E-state index in [-0.39, 0.29) is 5.91 Å². The number of fused-ring (bicyclic) bond motifs is 2. The van der Waals surface area contributed by atoms with Gasteiger partial charge in [0.1, 0.15) is 0 Å². The molecule has 2 aliphatic rings. The fourth-order valence-electron chi connectivity index (χ4n) is 4.45. The molecule has 2 aromatic carbocycles. The second kappa shape index (κ2) is 7.57. The summed E-state index contributed by atoms with van der Waals surface area (Å²) < 4.78 is 2.21. The molecule has 0 atom stereocenters. The fraction of sp³-hybridized carbons (Fsp3) is 0.292. The zero-order chi connectivity index (χ0) is 20.8. The van der Waals surface area contributed by atoms with Gasteiger partial charge in [-0.15, -0.1) is 10.2 Å². The van der Waals surface area contributed by atoms with E-state index in [9.17, 15) is 4.79 Å². The molecule has 2 aliphatic carbocycles. The number of rotatable bonds is 6. The van der Waals surface area contributed by atoms with Crippen LogP contribution in [0.25, 0.3) is 22.3 Å². The maximum atomic E-state index is 12.6. The van der Waals surface area contributed by atoms with Gasteiger partial charge >= 0.3 is 0 Å². The van der Waals surface area contributed by atoms with Gasteiger partial charge in [-0.2, -0.15) is 0 Å². The summed E-state index contributed by atoms with van der Waals surface area (Å²) in [5, 5.41) is 14.0. The number of carbonyl (C=O) groups is 1. The third-order valence-electron chi connectivity index (χ3n) is 6.12. The maximum absolute atomic E-state index is 12.6. The number of benzene rings is 2. The summed E-state index contributed by atoms with van der Waals surface area (Å²) in [6.07, 6.45) is 7.72. The Balaban J connectivity index is 1.20. The second-order valence-corrected chi connectivity index (χ2v) is 9.27. The summed E-state index contributed by atoms with van der Waals surface area (Å²) in [5.41, 5.74) is 5.81. The van der Waals surface area contributed by atoms with Crippen molar-refractivity contribution < 1.29 is 4.79 Å². The van der Waals surface area contributed by atoms with Gasteiger partial charge in [0.2, 0.25) is 5.91 Å². The van der Waals surface area contributed by atoms with Crippen molar-refractivity contribution in [3.63, 3.8) is 0 Å². The van der Waals surface area contributed by atoms with Crippen molar-refractivity contribution in [1.82, 2.24) is 19.7 Å². The minimum absolute atomic E-state index is 0.0121. The normalized spacial score (nSPS) is 15.4. The topological polar surface area (TPSA) is 75.6 Å². The Bertz CT molecular complexity index is 1290. The van der Waals surface area contributed by atoms with Crippen LogP contribution < -0.4 is 5.32 Å². The molecule has 0 spiro atoms. The Morgan fingerprint density at radius 3 is 2.90 bits per heavy atom. The highest BCUT2D eigenvalue weighted by molar-refractivity contribution is 7.99. The summed E-state index contributed by atoms with van der Waals surface area (Å²) in [6, 6.07) is 14.9. The predicted molar refractivity (Wildman–Crippen MR) is 123 cm³/mol. The van der Waals surface area contributed by atoms with E-state index >= 15 is 0 Å². The number of aromatic amines is 1. The molecule has 156 valence electrons. The molecule has 7 heteroatoms. The van der Waals surface area contributed by atoms with Crippen LogP contribution in [0.4, 0.5) is 5.69 Å². The van der Waals surface area contributed by atoms with Crippen molar-refractivity contribution in [1.29, 1.82) is 0 Å². The minimum Gasteiger partial charge on any atom is -0.360 e. The lowest BCUT2D eigenvalue weighted by Gasteiger charge is -2.09. The number of aryl methyl sites for hydroxylation is 2. The first kappa shape index (κ1) is 18.7. The average molecular weight is 430 g/mol. The number of aromatic nitrogens is 4. The van der Waals surface area contributed by atoms with Gasteiger partial charge in [0, 0.05) is 34.4 Å². The van der Waals surface area contributed by atoms with E-state index in [1.165, 1.54) is 29.3 Å². The number of nitrogens with zero attached hydrogens (tertiary/aromatic N) is 3. The van der Waals surface area contributed by atoms with Crippen molar-refractivity contribution in [3.05, 3.63) is 59.8 Å². The molecule has 6 rings (SSSR count). The number of amides is 1. The monoisotopic (exact) mass is 429 g/mol. The van der Waals surface area contributed by atoms with Crippen LogP contribution in [0.2, 0.25) is 0 Å². The average Bonchev–Trinajstić information content (AvgIpc) is 3.19. The number of hydrogen-bond donors (Lipinski definition) is 2. The second-order valence-electron chi connectivity index (χ2n) is 8.33. The third kappa shape index (κ3) is 3.53. The molecule has 6 nitrogen and oxygen atoms in total. The van der Waals surface area contributed by atoms with E-state index in [1.807, 2.05) is 24.4 Å². The van der Waals surface area contributed by atoms with Crippen LogP contribution in [0.5, 0.6) is 0 Å². The molecule has 2 N–H and O–H groups in total. The maximum Gasteiger partial charge on any atom is 0.234 e. The van der Waals surface area contributed by atoms with Crippen LogP contribution in [-0.2, 0) is 17.6 Å². The van der Waals surface area contributed by atoms with Crippen molar-refractivity contribution in [2.24, 2.45) is 0 Å². The van der Waals surface area contributed by atoms with Crippen LogP contribution in [-0.4, -0.2) is 31.4 Å². The number of H-pyrrole nitrogens is 1. The lowest BCUT2D eigenvalue weighted by Crippen LogP contribution is -2.14. The summed E-state index contributed by atoms with van der Waals surface area (Å²) in [4.78, 5) is 15.9. The predicted octanol–water partition coefficient (Wildman–Crippen LogP) is 4.98. The molecule has 0 bridgehead atoms. The first-order valence-corrected chi connectivity index (χ1v) is 11.8. The number of hydrogen-bond acceptors (Lipinski definition) is 4. The summed E-state index contributed by atoms with van der Waals surface area (Å²) in [5.74, 6) is 1.18. The summed E-state index contributed by atoms with van der Waals surface area (Å²) in [7, 11) is 0. The van der Waals surface area contributed by atoms with Crippen LogP contribution in [0.15, 0.2) is 53.8 Å². The van der Waals surface area contributed by atoms with Crippen LogP contribution in [0.1, 0.15) is 36.4 Å². The van der Waals surface area contributed by atoms with Gasteiger partial charge in [0.05, 0.1) is 5.75 Å². The van der Waals surface area contributed by atoms with Crippen LogP contribution in [0, 0.1) is 0 Å². The van der Waals surface area contributed by atoms with Gasteiger partial charge in [0.15, 0.2) is 11.0 Å². The molecule has 0 unspecified atom stereocenters. The van der Waals surface area contributed by atoms with Gasteiger partial charge in [-0.25, -0.2) is 0 Å². The lowest BCUT2D eigenvalue weighted by molar-refractivity contribution is -0.113. The van der Waals surface area contributed by atoms with Gasteiger partial charge in [-0.3, -0.25) is 9.36 Å². The zero-order valence-electron chi connectivity index (χ0n) is 17.1. The molecule has 0 aliphatic heterocycles. The molecule has 1 saturated carbocycles. The minimum atomic E-state index is -0.0121. The molecule has 2 heterocycles. The van der Waals surface area contributed by atoms with Gasteiger partial charge in [-0.1, -0.05) is 36.0 Å². The quantitative estimate of drug-likeness (QED) is 0.424. The largest absolute Gasteiger partial charge is 0.360 e. The molecule has 0 saturated heterocycles. The van der Waals surface area contributed by atoms with Crippen molar-refractivity contribution in [3.8, 4) is 11.4 Å². The van der Waals surface area contributed by atoms with Crippen molar-refractivity contribution >= 4 is 34.3 Å². The standard InChI is InChI=1S/C24H23N5OS/c30-22(26-17-9-8-15-4-3-5-16(15)12-17)14-31-24-28-27-23(29(24)18-10-11-18)20-13-25-21-7-2-1-6-19(20)21/h1-2,6-9,12-13,18,25H,3-5,10-11,14H2,(H,26,30). The third-order valence-corrected chi connectivity index (χ3v) is 7.06. The van der Waals surface area contributed by atoms with E-state index < -0.39 is 0 Å².